The SMILES string of the molecule is COc1ccc(CN(C)CCc2ccc(NC(=O)c3ccccc3NC(=O)c3cnc4ccccc4c3)cc2)cc1OC. The summed E-state index contributed by atoms with van der Waals surface area (Å²) in [6.45, 7) is 1.64. The first kappa shape index (κ1) is 29.3. The number of anilines is 2. The van der Waals surface area contributed by atoms with Gasteiger partial charge in [0.25, 0.3) is 11.8 Å². The maximum Gasteiger partial charge on any atom is 0.257 e. The number of hydrogen-bond acceptors (Lipinski definition) is 6. The third kappa shape index (κ3) is 7.36. The molecular formula is C35H34N4O4. The first-order valence-corrected chi connectivity index (χ1v) is 14.0. The van der Waals surface area contributed by atoms with E-state index in [1.165, 1.54) is 6.20 Å². The Hall–Kier alpha value is -5.21. The van der Waals surface area contributed by atoms with Crippen molar-refractivity contribution in [2.24, 2.45) is 0 Å². The maximum atomic E-state index is 13.2. The van der Waals surface area contributed by atoms with Crippen LogP contribution in [0.3, 0.4) is 0 Å². The van der Waals surface area contributed by atoms with Gasteiger partial charge in [-0.05, 0) is 73.1 Å². The van der Waals surface area contributed by atoms with Gasteiger partial charge in [-0.2, -0.15) is 0 Å². The third-order valence-corrected chi connectivity index (χ3v) is 7.17. The highest BCUT2D eigenvalue weighted by atomic mass is 16.5. The molecule has 0 aliphatic rings. The molecule has 0 saturated carbocycles. The zero-order chi connectivity index (χ0) is 30.2. The minimum Gasteiger partial charge on any atom is -0.493 e. The fourth-order valence-electron chi connectivity index (χ4n) is 4.82. The van der Waals surface area contributed by atoms with Gasteiger partial charge in [0.05, 0.1) is 36.6 Å². The summed E-state index contributed by atoms with van der Waals surface area (Å²) in [5, 5.41) is 6.68. The number of nitrogens with zero attached hydrogens (tertiary/aromatic N) is 2. The molecule has 1 heterocycles. The van der Waals surface area contributed by atoms with E-state index in [-0.39, 0.29) is 11.8 Å². The summed E-state index contributed by atoms with van der Waals surface area (Å²) in [5.41, 5.74) is 4.99. The van der Waals surface area contributed by atoms with E-state index >= 15 is 0 Å². The highest BCUT2D eigenvalue weighted by Crippen LogP contribution is 2.28. The predicted molar refractivity (Wildman–Crippen MR) is 170 cm³/mol. The van der Waals surface area contributed by atoms with Crippen molar-refractivity contribution in [3.8, 4) is 11.5 Å². The molecule has 0 unspecified atom stereocenters. The topological polar surface area (TPSA) is 92.8 Å². The van der Waals surface area contributed by atoms with Crippen LogP contribution in [-0.4, -0.2) is 49.5 Å². The number of amides is 2. The highest BCUT2D eigenvalue weighted by Gasteiger charge is 2.15. The van der Waals surface area contributed by atoms with Gasteiger partial charge in [-0.25, -0.2) is 0 Å². The van der Waals surface area contributed by atoms with Gasteiger partial charge in [0.15, 0.2) is 11.5 Å². The van der Waals surface area contributed by atoms with Crippen LogP contribution in [0.5, 0.6) is 11.5 Å². The van der Waals surface area contributed by atoms with E-state index in [4.69, 9.17) is 9.47 Å². The summed E-state index contributed by atoms with van der Waals surface area (Å²) in [7, 11) is 5.35. The molecule has 0 fully saturated rings. The van der Waals surface area contributed by atoms with Crippen LogP contribution in [0.25, 0.3) is 10.9 Å². The number of fused-ring (bicyclic) bond motifs is 1. The zero-order valence-corrected chi connectivity index (χ0v) is 24.5. The van der Waals surface area contributed by atoms with Crippen molar-refractivity contribution in [3.63, 3.8) is 0 Å². The second-order valence-corrected chi connectivity index (χ2v) is 10.2. The molecule has 8 nitrogen and oxygen atoms in total. The van der Waals surface area contributed by atoms with Crippen LogP contribution in [-0.2, 0) is 13.0 Å². The number of aromatic nitrogens is 1. The first-order chi connectivity index (χ1) is 20.9. The summed E-state index contributed by atoms with van der Waals surface area (Å²) < 4.78 is 10.7. The molecular weight excluding hydrogens is 540 g/mol. The van der Waals surface area contributed by atoms with Crippen LogP contribution >= 0.6 is 0 Å². The Balaban J connectivity index is 1.17. The lowest BCUT2D eigenvalue weighted by molar-refractivity contribution is 0.102. The Labute approximate surface area is 251 Å². The minimum absolute atomic E-state index is 0.310. The van der Waals surface area contributed by atoms with Crippen molar-refractivity contribution in [1.82, 2.24) is 9.88 Å². The van der Waals surface area contributed by atoms with E-state index in [1.807, 2.05) is 66.7 Å². The molecule has 0 radical (unpaired) electrons. The number of methoxy groups -OCH3 is 2. The largest absolute Gasteiger partial charge is 0.493 e. The van der Waals surface area contributed by atoms with Crippen molar-refractivity contribution in [1.29, 1.82) is 0 Å². The van der Waals surface area contributed by atoms with E-state index < -0.39 is 0 Å². The monoisotopic (exact) mass is 574 g/mol. The van der Waals surface area contributed by atoms with Crippen molar-refractivity contribution in [2.45, 2.75) is 13.0 Å². The highest BCUT2D eigenvalue weighted by molar-refractivity contribution is 6.13. The zero-order valence-electron chi connectivity index (χ0n) is 24.5. The third-order valence-electron chi connectivity index (χ3n) is 7.17. The van der Waals surface area contributed by atoms with E-state index in [2.05, 4.69) is 27.6 Å². The Morgan fingerprint density at radius 2 is 1.49 bits per heavy atom. The van der Waals surface area contributed by atoms with Crippen LogP contribution in [0.15, 0.2) is 103 Å². The van der Waals surface area contributed by atoms with Crippen LogP contribution in [0.4, 0.5) is 11.4 Å². The Morgan fingerprint density at radius 3 is 2.28 bits per heavy atom. The summed E-state index contributed by atoms with van der Waals surface area (Å²) in [4.78, 5) is 32.8. The molecule has 218 valence electrons. The molecule has 2 N–H and O–H groups in total. The number of likely N-dealkylation sites (N-methyl/N-ethyl adjacent to an activating group) is 1. The van der Waals surface area contributed by atoms with Crippen LogP contribution in [0, 0.1) is 0 Å². The first-order valence-electron chi connectivity index (χ1n) is 14.0. The molecule has 0 atom stereocenters. The smallest absolute Gasteiger partial charge is 0.257 e. The number of carbonyl (C=O) groups is 2. The summed E-state index contributed by atoms with van der Waals surface area (Å²) in [5.74, 6) is 0.792. The molecule has 0 aliphatic heterocycles. The molecule has 2 amide bonds. The van der Waals surface area contributed by atoms with Gasteiger partial charge in [0.1, 0.15) is 0 Å². The van der Waals surface area contributed by atoms with Gasteiger partial charge in [-0.15, -0.1) is 0 Å². The molecule has 0 saturated heterocycles. The van der Waals surface area contributed by atoms with Crippen molar-refractivity contribution in [2.75, 3.05) is 38.4 Å². The fourth-order valence-corrected chi connectivity index (χ4v) is 4.82. The van der Waals surface area contributed by atoms with Gasteiger partial charge < -0.3 is 25.0 Å². The minimum atomic E-state index is -0.334. The van der Waals surface area contributed by atoms with Crippen molar-refractivity contribution in [3.05, 3.63) is 126 Å². The number of rotatable bonds is 11. The van der Waals surface area contributed by atoms with Crippen molar-refractivity contribution >= 4 is 34.1 Å². The number of hydrogen-bond donors (Lipinski definition) is 2. The second kappa shape index (κ2) is 13.6. The van der Waals surface area contributed by atoms with Crippen LogP contribution < -0.4 is 20.1 Å². The quantitative estimate of drug-likeness (QED) is 0.189. The van der Waals surface area contributed by atoms with Gasteiger partial charge in [-0.3, -0.25) is 14.6 Å². The lowest BCUT2D eigenvalue weighted by atomic mass is 10.1. The van der Waals surface area contributed by atoms with Crippen LogP contribution in [0.1, 0.15) is 31.8 Å². The number of benzene rings is 4. The molecule has 1 aromatic heterocycles. The maximum absolute atomic E-state index is 13.2. The lowest BCUT2D eigenvalue weighted by Crippen LogP contribution is -2.20. The molecule has 0 bridgehead atoms. The standard InChI is InChI=1S/C35H34N4O4/c1-39(23-25-14-17-32(42-2)33(20-25)43-3)19-18-24-12-15-28(16-13-24)37-35(41)29-9-5-7-11-31(29)38-34(40)27-21-26-8-4-6-10-30(26)36-22-27/h4-17,20-22H,18-19,23H2,1-3H3,(H,37,41)(H,38,40). The van der Waals surface area contributed by atoms with E-state index in [9.17, 15) is 9.59 Å². The van der Waals surface area contributed by atoms with Crippen molar-refractivity contribution < 1.29 is 19.1 Å². The average Bonchev–Trinajstić information content (AvgIpc) is 3.04. The molecule has 8 heteroatoms. The summed E-state index contributed by atoms with van der Waals surface area (Å²) >= 11 is 0. The van der Waals surface area contributed by atoms with E-state index in [0.717, 1.165) is 47.3 Å². The Morgan fingerprint density at radius 1 is 0.767 bits per heavy atom. The normalized spacial score (nSPS) is 10.9. The molecule has 4 aromatic carbocycles. The number of ether oxygens (including phenoxy) is 2. The average molecular weight is 575 g/mol. The van der Waals surface area contributed by atoms with Gasteiger partial charge >= 0.3 is 0 Å². The Bertz CT molecular complexity index is 1740. The summed E-state index contributed by atoms with van der Waals surface area (Å²) in [6, 6.07) is 30.1. The number of pyridine rings is 1. The second-order valence-electron chi connectivity index (χ2n) is 10.2. The number of nitrogens with one attached hydrogen (secondary N) is 2. The molecule has 0 spiro atoms. The molecule has 5 aromatic rings. The van der Waals surface area contributed by atoms with E-state index in [0.29, 0.717) is 28.3 Å². The fraction of sp³-hybridized carbons (Fsp3) is 0.171. The molecule has 0 aliphatic carbocycles. The number of carbonyl (C=O) groups excluding carboxylic acids is 2. The van der Waals surface area contributed by atoms with Crippen LogP contribution in [0.2, 0.25) is 0 Å². The summed E-state index contributed by atoms with van der Waals surface area (Å²) in [6.07, 6.45) is 2.40. The van der Waals surface area contributed by atoms with Gasteiger partial charge in [0, 0.05) is 30.4 Å². The predicted octanol–water partition coefficient (Wildman–Crippen LogP) is 6.43. The van der Waals surface area contributed by atoms with Gasteiger partial charge in [0.2, 0.25) is 0 Å². The molecule has 5 rings (SSSR count). The Kier molecular flexibility index (Phi) is 9.29. The molecule has 43 heavy (non-hydrogen) atoms. The van der Waals surface area contributed by atoms with E-state index in [1.54, 1.807) is 44.6 Å². The van der Waals surface area contributed by atoms with Gasteiger partial charge in [-0.1, -0.05) is 48.5 Å². The lowest BCUT2D eigenvalue weighted by Gasteiger charge is -2.18. The number of para-hydroxylation sites is 2.